The van der Waals surface area contributed by atoms with Gasteiger partial charge in [0.25, 0.3) is 0 Å². The van der Waals surface area contributed by atoms with Crippen molar-refractivity contribution >= 4 is 65.5 Å². The molecule has 0 amide bonds. The number of rotatable bonds is 16. The molecule has 50 heavy (non-hydrogen) atoms. The highest BCUT2D eigenvalue weighted by Crippen LogP contribution is 2.36. The fourth-order valence-corrected chi connectivity index (χ4v) is 5.37. The summed E-state index contributed by atoms with van der Waals surface area (Å²) in [4.78, 5) is 109. The molecule has 1 fully saturated rings. The molecule has 0 spiro atoms. The van der Waals surface area contributed by atoms with E-state index in [0.29, 0.717) is 11.8 Å². The molecule has 280 valence electrons. The van der Waals surface area contributed by atoms with Gasteiger partial charge in [0.05, 0.1) is 0 Å². The quantitative estimate of drug-likeness (QED) is 0.119. The van der Waals surface area contributed by atoms with Crippen LogP contribution in [-0.4, -0.2) is 115 Å². The predicted octanol–water partition coefficient (Wildman–Crippen LogP) is 0.565. The Morgan fingerprint density at radius 2 is 1.08 bits per heavy atom. The highest BCUT2D eigenvalue weighted by Gasteiger charge is 2.52. The van der Waals surface area contributed by atoms with Crippen molar-refractivity contribution in [2.75, 3.05) is 13.2 Å². The summed E-state index contributed by atoms with van der Waals surface area (Å²) in [5.41, 5.74) is -1.43. The highest BCUT2D eigenvalue weighted by atomic mass is 32.2. The van der Waals surface area contributed by atoms with Gasteiger partial charge in [0.15, 0.2) is 36.3 Å². The van der Waals surface area contributed by atoms with Gasteiger partial charge in [-0.3, -0.25) is 43.2 Å². The second-order valence-electron chi connectivity index (χ2n) is 10.4. The topological polar surface area (TPSA) is 246 Å². The van der Waals surface area contributed by atoms with Crippen molar-refractivity contribution in [1.82, 2.24) is 0 Å². The van der Waals surface area contributed by atoms with Crippen LogP contribution in [0.15, 0.2) is 11.2 Å². The Labute approximate surface area is 290 Å². The van der Waals surface area contributed by atoms with Crippen LogP contribution in [0.5, 0.6) is 0 Å². The van der Waals surface area contributed by atoms with Gasteiger partial charge in [-0.1, -0.05) is 11.8 Å². The van der Waals surface area contributed by atoms with E-state index >= 15 is 0 Å². The van der Waals surface area contributed by atoms with Crippen molar-refractivity contribution < 1.29 is 90.5 Å². The van der Waals surface area contributed by atoms with Crippen LogP contribution in [0.2, 0.25) is 0 Å². The van der Waals surface area contributed by atoms with Gasteiger partial charge in [-0.15, -0.1) is 0 Å². The molecule has 0 aliphatic carbocycles. The average molecular weight is 737 g/mol. The van der Waals surface area contributed by atoms with Crippen molar-refractivity contribution in [2.45, 2.75) is 110 Å². The molecule has 0 unspecified atom stereocenters. The number of ether oxygens (including phenoxy) is 10. The van der Waals surface area contributed by atoms with E-state index in [-0.39, 0.29) is 0 Å². The standard InChI is InChI=1S/C30H40O19S/c1-13(31)40-10-22(42-15(3)33)25(44-17(5)35)27(46-19(7)37)24(43-16(4)34)12-50-30-29(48-21(9)39)28(47-20(8)38)26(45-18(6)36)23(49-30)11-41-14(2)32/h12,22-23,25-30H,10-11H2,1-9H3/b24-12-/t22-,23-,25-,26-,27-,28+,29-,30-/m1/s1. The molecule has 0 N–H and O–H groups in total. The second-order valence-corrected chi connectivity index (χ2v) is 11.3. The van der Waals surface area contributed by atoms with Crippen molar-refractivity contribution in [3.8, 4) is 0 Å². The second kappa shape index (κ2) is 20.7. The van der Waals surface area contributed by atoms with Crippen LogP contribution < -0.4 is 0 Å². The minimum absolute atomic E-state index is 0.541. The zero-order valence-corrected chi connectivity index (χ0v) is 29.6. The van der Waals surface area contributed by atoms with Crippen molar-refractivity contribution in [2.24, 2.45) is 0 Å². The van der Waals surface area contributed by atoms with E-state index in [4.69, 9.17) is 47.4 Å². The van der Waals surface area contributed by atoms with Gasteiger partial charge >= 0.3 is 53.7 Å². The van der Waals surface area contributed by atoms with Crippen LogP contribution >= 0.6 is 11.8 Å². The molecule has 1 aliphatic heterocycles. The number of thioether (sulfide) groups is 1. The Kier molecular flexibility index (Phi) is 17.9. The van der Waals surface area contributed by atoms with E-state index in [2.05, 4.69) is 0 Å². The molecule has 20 heteroatoms. The number of carbonyl (C=O) groups excluding carboxylic acids is 9. The monoisotopic (exact) mass is 736 g/mol. The van der Waals surface area contributed by atoms with E-state index in [1.165, 1.54) is 0 Å². The van der Waals surface area contributed by atoms with Gasteiger partial charge < -0.3 is 47.4 Å². The van der Waals surface area contributed by atoms with Gasteiger partial charge in [-0.2, -0.15) is 0 Å². The third kappa shape index (κ3) is 15.7. The lowest BCUT2D eigenvalue weighted by atomic mass is 9.99. The lowest BCUT2D eigenvalue weighted by molar-refractivity contribution is -0.237. The first-order chi connectivity index (χ1) is 23.2. The van der Waals surface area contributed by atoms with Crippen molar-refractivity contribution in [3.05, 3.63) is 11.2 Å². The molecule has 0 radical (unpaired) electrons. The summed E-state index contributed by atoms with van der Waals surface area (Å²) < 4.78 is 53.5. The Bertz CT molecular complexity index is 1320. The predicted molar refractivity (Wildman–Crippen MR) is 163 cm³/mol. The zero-order chi connectivity index (χ0) is 38.3. The summed E-state index contributed by atoms with van der Waals surface area (Å²) in [6.45, 7) is 7.89. The van der Waals surface area contributed by atoms with E-state index < -0.39 is 121 Å². The fraction of sp³-hybridized carbons (Fsp3) is 0.633. The van der Waals surface area contributed by atoms with Gasteiger partial charge in [0.2, 0.25) is 6.10 Å². The van der Waals surface area contributed by atoms with Crippen LogP contribution in [0.3, 0.4) is 0 Å². The molecule has 19 nitrogen and oxygen atoms in total. The van der Waals surface area contributed by atoms with Gasteiger partial charge in [0.1, 0.15) is 24.8 Å². The molecule has 1 aliphatic rings. The smallest absolute Gasteiger partial charge is 0.307 e. The van der Waals surface area contributed by atoms with Crippen LogP contribution in [0.25, 0.3) is 0 Å². The Hall–Kier alpha value is -4.72. The molecule has 1 heterocycles. The molecule has 8 atom stereocenters. The summed E-state index contributed by atoms with van der Waals surface area (Å²) in [6.07, 6.45) is -11.2. The first kappa shape index (κ1) is 43.3. The van der Waals surface area contributed by atoms with Crippen LogP contribution in [0.1, 0.15) is 62.3 Å². The molecular weight excluding hydrogens is 696 g/mol. The zero-order valence-electron chi connectivity index (χ0n) is 28.8. The highest BCUT2D eigenvalue weighted by molar-refractivity contribution is 8.02. The van der Waals surface area contributed by atoms with Crippen LogP contribution in [0.4, 0.5) is 0 Å². The first-order valence-electron chi connectivity index (χ1n) is 14.7. The number of hydrogen-bond acceptors (Lipinski definition) is 20. The van der Waals surface area contributed by atoms with Crippen LogP contribution in [-0.2, 0) is 90.5 Å². The van der Waals surface area contributed by atoms with E-state index in [9.17, 15) is 43.2 Å². The van der Waals surface area contributed by atoms with Crippen LogP contribution in [0, 0.1) is 0 Å². The molecule has 1 rings (SSSR count). The SMILES string of the molecule is CC(=O)OC[C@H]1O[C@H](S/C=C(\OC(C)=O)[C@@H](OC(C)=O)[C@H](OC(C)=O)[C@@H](COC(C)=O)OC(C)=O)[C@H](OC(C)=O)[C@@H](OC(C)=O)[C@@H]1OC(C)=O. The van der Waals surface area contributed by atoms with E-state index in [0.717, 1.165) is 67.7 Å². The molecular formula is C30H40O19S. The summed E-state index contributed by atoms with van der Waals surface area (Å²) in [5, 5.41) is 1.03. The molecule has 0 aromatic carbocycles. The van der Waals surface area contributed by atoms with Gasteiger partial charge in [-0.25, -0.2) is 0 Å². The number of carbonyl (C=O) groups is 9. The van der Waals surface area contributed by atoms with Gasteiger partial charge in [0, 0.05) is 67.7 Å². The Morgan fingerprint density at radius 3 is 1.54 bits per heavy atom. The Balaban J connectivity index is 3.92. The molecule has 0 aromatic heterocycles. The molecule has 0 bridgehead atoms. The maximum absolute atomic E-state index is 12.3. The van der Waals surface area contributed by atoms with Gasteiger partial charge in [-0.05, 0) is 0 Å². The minimum atomic E-state index is -1.88. The summed E-state index contributed by atoms with van der Waals surface area (Å²) in [7, 11) is 0. The third-order valence-corrected chi connectivity index (χ3v) is 6.85. The minimum Gasteiger partial charge on any atom is -0.463 e. The fourth-order valence-electron chi connectivity index (χ4n) is 4.35. The number of esters is 9. The van der Waals surface area contributed by atoms with E-state index in [1.54, 1.807) is 0 Å². The number of hydrogen-bond donors (Lipinski definition) is 0. The average Bonchev–Trinajstić information content (AvgIpc) is 2.95. The summed E-state index contributed by atoms with van der Waals surface area (Å²) >= 11 is 0.587. The summed E-state index contributed by atoms with van der Waals surface area (Å²) in [5.74, 6) is -8.66. The molecule has 1 saturated heterocycles. The van der Waals surface area contributed by atoms with Crippen molar-refractivity contribution in [3.63, 3.8) is 0 Å². The maximum atomic E-state index is 12.3. The normalized spacial score (nSPS) is 21.9. The Morgan fingerprint density at radius 1 is 0.580 bits per heavy atom. The van der Waals surface area contributed by atoms with E-state index in [1.807, 2.05) is 0 Å². The first-order valence-corrected chi connectivity index (χ1v) is 15.6. The summed E-state index contributed by atoms with van der Waals surface area (Å²) in [6, 6.07) is 0. The largest absolute Gasteiger partial charge is 0.463 e. The molecule has 0 saturated carbocycles. The lowest BCUT2D eigenvalue weighted by Gasteiger charge is -2.44. The van der Waals surface area contributed by atoms with Crippen molar-refractivity contribution in [1.29, 1.82) is 0 Å². The third-order valence-electron chi connectivity index (χ3n) is 5.84. The lowest BCUT2D eigenvalue weighted by Crippen LogP contribution is -2.61. The maximum Gasteiger partial charge on any atom is 0.307 e. The molecule has 0 aromatic rings.